The molecule has 146 valence electrons. The second kappa shape index (κ2) is 9.17. The highest BCUT2D eigenvalue weighted by molar-refractivity contribution is 5.09. The van der Waals surface area contributed by atoms with Gasteiger partial charge in [-0.2, -0.15) is 0 Å². The van der Waals surface area contributed by atoms with Gasteiger partial charge in [-0.3, -0.25) is 0 Å². The summed E-state index contributed by atoms with van der Waals surface area (Å²) in [5, 5.41) is 0. The van der Waals surface area contributed by atoms with E-state index >= 15 is 0 Å². The zero-order chi connectivity index (χ0) is 17.8. The van der Waals surface area contributed by atoms with Gasteiger partial charge >= 0.3 is 0 Å². The van der Waals surface area contributed by atoms with Gasteiger partial charge < -0.3 is 0 Å². The Morgan fingerprint density at radius 3 is 1.50 bits per heavy atom. The van der Waals surface area contributed by atoms with Crippen LogP contribution in [0.15, 0.2) is 0 Å². The molecule has 4 aliphatic carbocycles. The molecule has 0 saturated heterocycles. The zero-order valence-electron chi connectivity index (χ0n) is 17.4. The van der Waals surface area contributed by atoms with Crippen LogP contribution >= 0.6 is 0 Å². The third-order valence-electron chi connectivity index (χ3n) is 8.73. The standard InChI is InChI=1S/C26H42/c1-20-5-7-21(8-6-20)9-10-22-11-15-25(16-12-22)26-17-13-24(14-18-26)19-23-3-2-4-23/h20-26H,2-8,11-19H2,1H3. The van der Waals surface area contributed by atoms with Gasteiger partial charge in [-0.15, -0.1) is 0 Å². The van der Waals surface area contributed by atoms with Crippen molar-refractivity contribution in [1.29, 1.82) is 0 Å². The van der Waals surface area contributed by atoms with Gasteiger partial charge in [0, 0.05) is 11.8 Å². The Morgan fingerprint density at radius 1 is 0.538 bits per heavy atom. The number of rotatable bonds is 3. The lowest BCUT2D eigenvalue weighted by atomic mass is 9.67. The van der Waals surface area contributed by atoms with Crippen LogP contribution < -0.4 is 0 Å². The van der Waals surface area contributed by atoms with E-state index in [0.29, 0.717) is 0 Å². The zero-order valence-corrected chi connectivity index (χ0v) is 17.4. The fourth-order valence-electron chi connectivity index (χ4n) is 6.47. The van der Waals surface area contributed by atoms with Crippen LogP contribution in [0.4, 0.5) is 0 Å². The topological polar surface area (TPSA) is 0 Å². The van der Waals surface area contributed by atoms with Crippen LogP contribution in [0, 0.1) is 53.3 Å². The predicted octanol–water partition coefficient (Wildman–Crippen LogP) is 7.62. The first-order valence-electron chi connectivity index (χ1n) is 12.3. The predicted molar refractivity (Wildman–Crippen MR) is 112 cm³/mol. The van der Waals surface area contributed by atoms with Crippen molar-refractivity contribution in [3.05, 3.63) is 0 Å². The molecule has 0 unspecified atom stereocenters. The Kier molecular flexibility index (Phi) is 6.67. The van der Waals surface area contributed by atoms with Crippen LogP contribution in [-0.4, -0.2) is 0 Å². The van der Waals surface area contributed by atoms with Gasteiger partial charge in [0.2, 0.25) is 0 Å². The summed E-state index contributed by atoms with van der Waals surface area (Å²) in [6.45, 7) is 2.41. The summed E-state index contributed by atoms with van der Waals surface area (Å²) in [5.74, 6) is 14.2. The molecular weight excluding hydrogens is 312 g/mol. The average molecular weight is 355 g/mol. The fraction of sp³-hybridized carbons (Fsp3) is 0.923. The maximum atomic E-state index is 3.72. The first kappa shape index (κ1) is 18.9. The molecule has 26 heavy (non-hydrogen) atoms. The van der Waals surface area contributed by atoms with E-state index in [1.165, 1.54) is 57.8 Å². The lowest BCUT2D eigenvalue weighted by Crippen LogP contribution is -2.27. The Hall–Kier alpha value is -0.440. The molecule has 0 nitrogen and oxygen atoms in total. The van der Waals surface area contributed by atoms with E-state index < -0.39 is 0 Å². The van der Waals surface area contributed by atoms with Crippen molar-refractivity contribution in [2.75, 3.05) is 0 Å². The summed E-state index contributed by atoms with van der Waals surface area (Å²) in [6, 6.07) is 0. The maximum Gasteiger partial charge on any atom is 0.0203 e. The summed E-state index contributed by atoms with van der Waals surface area (Å²) in [7, 11) is 0. The molecule has 0 aromatic rings. The minimum atomic E-state index is 0.731. The molecular formula is C26H42. The highest BCUT2D eigenvalue weighted by atomic mass is 14.4. The normalized spacial score (nSPS) is 41.7. The number of hydrogen-bond acceptors (Lipinski definition) is 0. The maximum absolute atomic E-state index is 3.72. The van der Waals surface area contributed by atoms with E-state index in [9.17, 15) is 0 Å². The second-order valence-electron chi connectivity index (χ2n) is 10.7. The molecule has 4 saturated carbocycles. The third kappa shape index (κ3) is 5.09. The minimum absolute atomic E-state index is 0.731. The van der Waals surface area contributed by atoms with Crippen LogP contribution in [0.1, 0.15) is 110 Å². The SMILES string of the molecule is CC1CCC(C#CC2CCC(C3CCC(CC4CCC4)CC3)CC2)CC1. The smallest absolute Gasteiger partial charge is 0.0203 e. The molecule has 4 aliphatic rings. The van der Waals surface area contributed by atoms with Gasteiger partial charge in [-0.25, -0.2) is 0 Å². The summed E-state index contributed by atoms with van der Waals surface area (Å²) in [6.07, 6.45) is 23.8. The van der Waals surface area contributed by atoms with Crippen LogP contribution in [0.3, 0.4) is 0 Å². The third-order valence-corrected chi connectivity index (χ3v) is 8.73. The van der Waals surface area contributed by atoms with Crippen LogP contribution in [0.5, 0.6) is 0 Å². The fourth-order valence-corrected chi connectivity index (χ4v) is 6.47. The Labute approximate surface area is 163 Å². The molecule has 0 radical (unpaired) electrons. The van der Waals surface area contributed by atoms with Crippen molar-refractivity contribution < 1.29 is 0 Å². The molecule has 0 atom stereocenters. The van der Waals surface area contributed by atoms with Crippen molar-refractivity contribution >= 4 is 0 Å². The van der Waals surface area contributed by atoms with Gasteiger partial charge in [0.1, 0.15) is 0 Å². The monoisotopic (exact) mass is 354 g/mol. The van der Waals surface area contributed by atoms with Gasteiger partial charge in [0.25, 0.3) is 0 Å². The lowest BCUT2D eigenvalue weighted by molar-refractivity contribution is 0.135. The van der Waals surface area contributed by atoms with Crippen molar-refractivity contribution in [2.45, 2.75) is 110 Å². The van der Waals surface area contributed by atoms with Gasteiger partial charge in [-0.05, 0) is 100 Å². The van der Waals surface area contributed by atoms with Crippen molar-refractivity contribution in [3.63, 3.8) is 0 Å². The van der Waals surface area contributed by atoms with E-state index in [-0.39, 0.29) is 0 Å². The molecule has 0 heterocycles. The van der Waals surface area contributed by atoms with Crippen LogP contribution in [0.25, 0.3) is 0 Å². The van der Waals surface area contributed by atoms with Gasteiger partial charge in [0.15, 0.2) is 0 Å². The molecule has 0 amide bonds. The van der Waals surface area contributed by atoms with Crippen molar-refractivity contribution in [1.82, 2.24) is 0 Å². The lowest BCUT2D eigenvalue weighted by Gasteiger charge is -2.38. The molecule has 0 bridgehead atoms. The largest absolute Gasteiger partial charge is 0.0996 e. The first-order chi connectivity index (χ1) is 12.8. The van der Waals surface area contributed by atoms with Crippen LogP contribution in [-0.2, 0) is 0 Å². The Balaban J connectivity index is 1.15. The van der Waals surface area contributed by atoms with E-state index in [2.05, 4.69) is 18.8 Å². The van der Waals surface area contributed by atoms with E-state index in [4.69, 9.17) is 0 Å². The highest BCUT2D eigenvalue weighted by Gasteiger charge is 2.32. The molecule has 0 aliphatic heterocycles. The van der Waals surface area contributed by atoms with Crippen LogP contribution in [0.2, 0.25) is 0 Å². The molecule has 0 spiro atoms. The summed E-state index contributed by atoms with van der Waals surface area (Å²) < 4.78 is 0. The quantitative estimate of drug-likeness (QED) is 0.457. The van der Waals surface area contributed by atoms with Crippen molar-refractivity contribution in [2.24, 2.45) is 41.4 Å². The van der Waals surface area contributed by atoms with Gasteiger partial charge in [0.05, 0.1) is 0 Å². The van der Waals surface area contributed by atoms with Crippen molar-refractivity contribution in [3.8, 4) is 11.8 Å². The van der Waals surface area contributed by atoms with E-state index in [1.807, 2.05) is 0 Å². The molecule has 4 rings (SSSR count). The summed E-state index contributed by atoms with van der Waals surface area (Å²) >= 11 is 0. The second-order valence-corrected chi connectivity index (χ2v) is 10.7. The van der Waals surface area contributed by atoms with Gasteiger partial charge in [-0.1, -0.05) is 50.9 Å². The molecule has 0 aromatic carbocycles. The molecule has 0 N–H and O–H groups in total. The molecule has 0 heteroatoms. The Morgan fingerprint density at radius 2 is 1.00 bits per heavy atom. The summed E-state index contributed by atoms with van der Waals surface area (Å²) in [4.78, 5) is 0. The molecule has 0 aromatic heterocycles. The number of hydrogen-bond donors (Lipinski definition) is 0. The highest BCUT2D eigenvalue weighted by Crippen LogP contribution is 2.44. The van der Waals surface area contributed by atoms with E-state index in [0.717, 1.165) is 41.4 Å². The Bertz CT molecular complexity index is 466. The molecule has 4 fully saturated rings. The first-order valence-corrected chi connectivity index (χ1v) is 12.3. The van der Waals surface area contributed by atoms with E-state index in [1.54, 1.807) is 44.9 Å². The summed E-state index contributed by atoms with van der Waals surface area (Å²) in [5.41, 5.74) is 0. The minimum Gasteiger partial charge on any atom is -0.0996 e. The average Bonchev–Trinajstić information content (AvgIpc) is 2.65.